The topological polar surface area (TPSA) is 69.7 Å². The summed E-state index contributed by atoms with van der Waals surface area (Å²) in [5.41, 5.74) is 0. The van der Waals surface area contributed by atoms with Crippen LogP contribution in [0.15, 0.2) is 0 Å². The van der Waals surface area contributed by atoms with E-state index < -0.39 is 17.9 Å². The van der Waals surface area contributed by atoms with E-state index in [1.54, 1.807) is 13.8 Å². The average Bonchev–Trinajstić information content (AvgIpc) is 2.78. The molecule has 18 heavy (non-hydrogen) atoms. The van der Waals surface area contributed by atoms with Gasteiger partial charge in [-0.05, 0) is 32.6 Å². The Morgan fingerprint density at radius 1 is 1.17 bits per heavy atom. The van der Waals surface area contributed by atoms with Gasteiger partial charge in [-0.1, -0.05) is 6.42 Å². The molecule has 0 saturated heterocycles. The maximum absolute atomic E-state index is 11.9. The van der Waals surface area contributed by atoms with Crippen molar-refractivity contribution in [3.05, 3.63) is 0 Å². The van der Waals surface area contributed by atoms with E-state index in [4.69, 9.17) is 9.47 Å². The highest BCUT2D eigenvalue weighted by atomic mass is 16.6. The first kappa shape index (κ1) is 14.7. The molecule has 5 heteroatoms. The Morgan fingerprint density at radius 3 is 2.17 bits per heavy atom. The fourth-order valence-electron chi connectivity index (χ4n) is 2.51. The Hall–Kier alpha value is -1.39. The minimum absolute atomic E-state index is 0.215. The quantitative estimate of drug-likeness (QED) is 0.407. The maximum Gasteiger partial charge on any atom is 0.320 e. The molecule has 0 heterocycles. The predicted molar refractivity (Wildman–Crippen MR) is 63.7 cm³/mol. The standard InChI is InChI=1S/C13H20O5/c1-3-17-12(15)11(13(16)18-4-2)10-7-5-6-9(10)8-14/h8-11H,3-7H2,1-2H3/t9-,10+/m1/s1. The van der Waals surface area contributed by atoms with Crippen LogP contribution in [-0.4, -0.2) is 31.4 Å². The number of ether oxygens (including phenoxy) is 2. The third-order valence-electron chi connectivity index (χ3n) is 3.31. The summed E-state index contributed by atoms with van der Waals surface area (Å²) in [5, 5.41) is 0. The summed E-state index contributed by atoms with van der Waals surface area (Å²) in [6.07, 6.45) is 3.10. The van der Waals surface area contributed by atoms with Crippen molar-refractivity contribution < 1.29 is 23.9 Å². The van der Waals surface area contributed by atoms with E-state index in [0.717, 1.165) is 19.1 Å². The molecule has 0 aliphatic heterocycles. The number of carbonyl (C=O) groups excluding carboxylic acids is 3. The number of aldehydes is 1. The van der Waals surface area contributed by atoms with Crippen molar-refractivity contribution in [3.8, 4) is 0 Å². The minimum Gasteiger partial charge on any atom is -0.465 e. The third kappa shape index (κ3) is 3.31. The van der Waals surface area contributed by atoms with Gasteiger partial charge in [0.15, 0.2) is 5.92 Å². The van der Waals surface area contributed by atoms with Gasteiger partial charge in [-0.3, -0.25) is 9.59 Å². The Bertz CT molecular complexity index is 295. The molecule has 0 unspecified atom stereocenters. The number of carbonyl (C=O) groups is 3. The van der Waals surface area contributed by atoms with E-state index in [1.807, 2.05) is 0 Å². The summed E-state index contributed by atoms with van der Waals surface area (Å²) in [6, 6.07) is 0. The zero-order valence-corrected chi connectivity index (χ0v) is 10.9. The molecule has 0 aromatic heterocycles. The highest BCUT2D eigenvalue weighted by molar-refractivity contribution is 5.95. The van der Waals surface area contributed by atoms with E-state index in [0.29, 0.717) is 6.42 Å². The van der Waals surface area contributed by atoms with Gasteiger partial charge in [0.1, 0.15) is 6.29 Å². The average molecular weight is 256 g/mol. The smallest absolute Gasteiger partial charge is 0.320 e. The molecule has 102 valence electrons. The van der Waals surface area contributed by atoms with E-state index >= 15 is 0 Å². The largest absolute Gasteiger partial charge is 0.465 e. The second-order valence-corrected chi connectivity index (χ2v) is 4.38. The molecule has 5 nitrogen and oxygen atoms in total. The monoisotopic (exact) mass is 256 g/mol. The highest BCUT2D eigenvalue weighted by Crippen LogP contribution is 2.37. The molecule has 1 saturated carbocycles. The first-order valence-corrected chi connectivity index (χ1v) is 6.44. The third-order valence-corrected chi connectivity index (χ3v) is 3.31. The number of rotatable bonds is 6. The van der Waals surface area contributed by atoms with Gasteiger partial charge in [0.25, 0.3) is 0 Å². The second-order valence-electron chi connectivity index (χ2n) is 4.38. The van der Waals surface area contributed by atoms with Crippen molar-refractivity contribution in [2.75, 3.05) is 13.2 Å². The van der Waals surface area contributed by atoms with E-state index in [9.17, 15) is 14.4 Å². The molecule has 1 aliphatic carbocycles. The van der Waals surface area contributed by atoms with Crippen LogP contribution < -0.4 is 0 Å². The Morgan fingerprint density at radius 2 is 1.72 bits per heavy atom. The molecule has 2 atom stereocenters. The lowest BCUT2D eigenvalue weighted by atomic mass is 9.84. The highest BCUT2D eigenvalue weighted by Gasteiger charge is 2.43. The summed E-state index contributed by atoms with van der Waals surface area (Å²) >= 11 is 0. The summed E-state index contributed by atoms with van der Waals surface area (Å²) < 4.78 is 9.84. The van der Waals surface area contributed by atoms with Crippen LogP contribution in [0.5, 0.6) is 0 Å². The molecule has 0 radical (unpaired) electrons. The van der Waals surface area contributed by atoms with Crippen LogP contribution in [0, 0.1) is 17.8 Å². The van der Waals surface area contributed by atoms with Crippen molar-refractivity contribution in [2.45, 2.75) is 33.1 Å². The van der Waals surface area contributed by atoms with Crippen LogP contribution in [0.1, 0.15) is 33.1 Å². The first-order valence-electron chi connectivity index (χ1n) is 6.44. The van der Waals surface area contributed by atoms with Crippen molar-refractivity contribution in [3.63, 3.8) is 0 Å². The Kier molecular flexibility index (Phi) is 5.82. The Balaban J connectivity index is 2.85. The summed E-state index contributed by atoms with van der Waals surface area (Å²) in [6.45, 7) is 3.80. The van der Waals surface area contributed by atoms with Crippen molar-refractivity contribution in [2.24, 2.45) is 17.8 Å². The summed E-state index contributed by atoms with van der Waals surface area (Å²) in [7, 11) is 0. The summed E-state index contributed by atoms with van der Waals surface area (Å²) in [4.78, 5) is 34.7. The molecule has 1 rings (SSSR count). The van der Waals surface area contributed by atoms with Gasteiger partial charge in [-0.25, -0.2) is 0 Å². The molecule has 1 aliphatic rings. The lowest BCUT2D eigenvalue weighted by molar-refractivity contribution is -0.165. The van der Waals surface area contributed by atoms with Gasteiger partial charge in [-0.2, -0.15) is 0 Å². The van der Waals surface area contributed by atoms with Gasteiger partial charge >= 0.3 is 11.9 Å². The lowest BCUT2D eigenvalue weighted by Gasteiger charge is -2.22. The van der Waals surface area contributed by atoms with Crippen molar-refractivity contribution >= 4 is 18.2 Å². The molecule has 1 fully saturated rings. The fraction of sp³-hybridized carbons (Fsp3) is 0.769. The van der Waals surface area contributed by atoms with Gasteiger partial charge < -0.3 is 14.3 Å². The molecular weight excluding hydrogens is 236 g/mol. The molecular formula is C13H20O5. The molecule has 0 spiro atoms. The molecule has 0 amide bonds. The van der Waals surface area contributed by atoms with Crippen LogP contribution in [0.3, 0.4) is 0 Å². The second kappa shape index (κ2) is 7.13. The SMILES string of the molecule is CCOC(=O)C(C(=O)OCC)[C@H]1CCC[C@@H]1C=O. The van der Waals surface area contributed by atoms with Crippen molar-refractivity contribution in [1.29, 1.82) is 0 Å². The Labute approximate surface area is 107 Å². The van der Waals surface area contributed by atoms with E-state index in [2.05, 4.69) is 0 Å². The normalized spacial score (nSPS) is 22.8. The fourth-order valence-corrected chi connectivity index (χ4v) is 2.51. The van der Waals surface area contributed by atoms with Crippen LogP contribution >= 0.6 is 0 Å². The van der Waals surface area contributed by atoms with Gasteiger partial charge in [-0.15, -0.1) is 0 Å². The van der Waals surface area contributed by atoms with Gasteiger partial charge in [0.2, 0.25) is 0 Å². The zero-order chi connectivity index (χ0) is 13.5. The van der Waals surface area contributed by atoms with Crippen LogP contribution in [0.25, 0.3) is 0 Å². The van der Waals surface area contributed by atoms with Crippen LogP contribution in [0.2, 0.25) is 0 Å². The van der Waals surface area contributed by atoms with Crippen molar-refractivity contribution in [1.82, 2.24) is 0 Å². The number of hydrogen-bond donors (Lipinski definition) is 0. The molecule has 0 aromatic carbocycles. The number of hydrogen-bond acceptors (Lipinski definition) is 5. The van der Waals surface area contributed by atoms with Crippen LogP contribution in [-0.2, 0) is 23.9 Å². The van der Waals surface area contributed by atoms with E-state index in [-0.39, 0.29) is 25.0 Å². The maximum atomic E-state index is 11.9. The minimum atomic E-state index is -0.956. The predicted octanol–water partition coefficient (Wildman–Crippen LogP) is 1.34. The van der Waals surface area contributed by atoms with Gasteiger partial charge in [0, 0.05) is 5.92 Å². The first-order chi connectivity index (χ1) is 8.65. The summed E-state index contributed by atoms with van der Waals surface area (Å²) in [5.74, 6) is -2.63. The number of esters is 2. The zero-order valence-electron chi connectivity index (χ0n) is 10.9. The van der Waals surface area contributed by atoms with Crippen LogP contribution in [0.4, 0.5) is 0 Å². The molecule has 0 N–H and O–H groups in total. The molecule has 0 aromatic rings. The molecule has 0 bridgehead atoms. The lowest BCUT2D eigenvalue weighted by Crippen LogP contribution is -2.36. The van der Waals surface area contributed by atoms with Gasteiger partial charge in [0.05, 0.1) is 13.2 Å². The van der Waals surface area contributed by atoms with E-state index in [1.165, 1.54) is 0 Å².